The third-order valence-corrected chi connectivity index (χ3v) is 3.80. The average molecular weight is 309 g/mol. The first kappa shape index (κ1) is 17.3. The van der Waals surface area contributed by atoms with Crippen molar-refractivity contribution in [1.82, 2.24) is 4.90 Å². The van der Waals surface area contributed by atoms with Crippen molar-refractivity contribution in [2.24, 2.45) is 0 Å². The first-order valence-corrected chi connectivity index (χ1v) is 8.26. The Kier molecular flexibility index (Phi) is 6.89. The van der Waals surface area contributed by atoms with Crippen LogP contribution in [0.3, 0.4) is 0 Å². The van der Waals surface area contributed by atoms with Crippen LogP contribution in [0.4, 0.5) is 0 Å². The number of hydrogen-bond donors (Lipinski definition) is 0. The lowest BCUT2D eigenvalue weighted by Gasteiger charge is -2.10. The van der Waals surface area contributed by atoms with Crippen LogP contribution in [0.2, 0.25) is 0 Å². The predicted molar refractivity (Wildman–Crippen MR) is 99.0 cm³/mol. The molecule has 0 saturated heterocycles. The highest BCUT2D eigenvalue weighted by Crippen LogP contribution is 2.19. The number of allylic oxidation sites excluding steroid dienone is 1. The normalized spacial score (nSPS) is 12.7. The van der Waals surface area contributed by atoms with Gasteiger partial charge in [-0.15, -0.1) is 0 Å². The molecule has 0 aliphatic heterocycles. The summed E-state index contributed by atoms with van der Waals surface area (Å²) < 4.78 is 5.76. The number of nitrogens with zero attached hydrogens (tertiary/aromatic N) is 1. The lowest BCUT2D eigenvalue weighted by Crippen LogP contribution is -2.15. The smallest absolute Gasteiger partial charge is 0.119 e. The van der Waals surface area contributed by atoms with Crippen molar-refractivity contribution >= 4 is 6.08 Å². The molecule has 0 fully saturated rings. The summed E-state index contributed by atoms with van der Waals surface area (Å²) in [6, 6.07) is 18.9. The van der Waals surface area contributed by atoms with Gasteiger partial charge >= 0.3 is 0 Å². The molecule has 0 saturated carbocycles. The summed E-state index contributed by atoms with van der Waals surface area (Å²) >= 11 is 0. The Balaban J connectivity index is 1.83. The van der Waals surface area contributed by atoms with Gasteiger partial charge in [-0.1, -0.05) is 61.5 Å². The van der Waals surface area contributed by atoms with Crippen LogP contribution in [0.1, 0.15) is 30.4 Å². The van der Waals surface area contributed by atoms with Crippen molar-refractivity contribution in [2.45, 2.75) is 19.3 Å². The van der Waals surface area contributed by atoms with Crippen molar-refractivity contribution < 1.29 is 4.74 Å². The van der Waals surface area contributed by atoms with E-state index < -0.39 is 0 Å². The third kappa shape index (κ3) is 6.29. The van der Waals surface area contributed by atoms with Gasteiger partial charge < -0.3 is 9.64 Å². The minimum atomic E-state index is 0.415. The van der Waals surface area contributed by atoms with E-state index in [9.17, 15) is 0 Å². The summed E-state index contributed by atoms with van der Waals surface area (Å²) in [6.07, 6.45) is 5.46. The SMILES string of the molecule is CC(C=Cc1ccc(OCCCN(C)C)cc1)c1ccccc1. The molecule has 0 radical (unpaired) electrons. The molecule has 122 valence electrons. The Morgan fingerprint density at radius 2 is 1.70 bits per heavy atom. The Bertz CT molecular complexity index is 587. The van der Waals surface area contributed by atoms with Crippen LogP contribution in [0.5, 0.6) is 5.75 Å². The standard InChI is InChI=1S/C21H27NO/c1-18(20-8-5-4-6-9-20)10-11-19-12-14-21(15-13-19)23-17-7-16-22(2)3/h4-6,8-15,18H,7,16-17H2,1-3H3. The van der Waals surface area contributed by atoms with E-state index in [1.54, 1.807) is 0 Å². The number of ether oxygens (including phenoxy) is 1. The summed E-state index contributed by atoms with van der Waals surface area (Å²) in [5.41, 5.74) is 2.54. The first-order valence-electron chi connectivity index (χ1n) is 8.26. The van der Waals surface area contributed by atoms with Gasteiger partial charge in [-0.2, -0.15) is 0 Å². The molecule has 0 aliphatic rings. The minimum absolute atomic E-state index is 0.415. The summed E-state index contributed by atoms with van der Waals surface area (Å²) in [7, 11) is 4.16. The zero-order chi connectivity index (χ0) is 16.5. The second kappa shape index (κ2) is 9.16. The van der Waals surface area contributed by atoms with Crippen molar-refractivity contribution in [2.75, 3.05) is 27.2 Å². The van der Waals surface area contributed by atoms with E-state index >= 15 is 0 Å². The maximum Gasteiger partial charge on any atom is 0.119 e. The van der Waals surface area contributed by atoms with Crippen LogP contribution in [-0.2, 0) is 0 Å². The van der Waals surface area contributed by atoms with Gasteiger partial charge in [0.1, 0.15) is 5.75 Å². The van der Waals surface area contributed by atoms with Gasteiger partial charge in [-0.25, -0.2) is 0 Å². The van der Waals surface area contributed by atoms with Gasteiger partial charge in [-0.3, -0.25) is 0 Å². The number of rotatable bonds is 8. The molecule has 0 N–H and O–H groups in total. The van der Waals surface area contributed by atoms with Gasteiger partial charge in [0.2, 0.25) is 0 Å². The Morgan fingerprint density at radius 1 is 1.00 bits per heavy atom. The quantitative estimate of drug-likeness (QED) is 0.647. The molecule has 2 aromatic carbocycles. The zero-order valence-electron chi connectivity index (χ0n) is 14.4. The number of benzene rings is 2. The molecular formula is C21H27NO. The second-order valence-corrected chi connectivity index (χ2v) is 6.13. The molecule has 0 heterocycles. The summed E-state index contributed by atoms with van der Waals surface area (Å²) in [5.74, 6) is 1.36. The molecule has 2 nitrogen and oxygen atoms in total. The highest BCUT2D eigenvalue weighted by Gasteiger charge is 2.00. The van der Waals surface area contributed by atoms with Gasteiger partial charge in [-0.05, 0) is 49.7 Å². The molecule has 0 bridgehead atoms. The van der Waals surface area contributed by atoms with Crippen LogP contribution in [0.25, 0.3) is 6.08 Å². The van der Waals surface area contributed by atoms with Crippen molar-refractivity contribution in [1.29, 1.82) is 0 Å². The van der Waals surface area contributed by atoms with E-state index in [1.807, 2.05) is 12.1 Å². The maximum atomic E-state index is 5.76. The van der Waals surface area contributed by atoms with Gasteiger partial charge in [0.25, 0.3) is 0 Å². The van der Waals surface area contributed by atoms with Gasteiger partial charge in [0.05, 0.1) is 6.61 Å². The summed E-state index contributed by atoms with van der Waals surface area (Å²) in [4.78, 5) is 2.17. The van der Waals surface area contributed by atoms with Crippen molar-refractivity contribution in [3.63, 3.8) is 0 Å². The second-order valence-electron chi connectivity index (χ2n) is 6.13. The minimum Gasteiger partial charge on any atom is -0.494 e. The summed E-state index contributed by atoms with van der Waals surface area (Å²) in [6.45, 7) is 4.03. The van der Waals surface area contributed by atoms with Crippen molar-refractivity contribution in [3.05, 3.63) is 71.8 Å². The lowest BCUT2D eigenvalue weighted by molar-refractivity contribution is 0.281. The fraction of sp³-hybridized carbons (Fsp3) is 0.333. The summed E-state index contributed by atoms with van der Waals surface area (Å²) in [5, 5.41) is 0. The number of hydrogen-bond acceptors (Lipinski definition) is 2. The highest BCUT2D eigenvalue weighted by molar-refractivity contribution is 5.52. The van der Waals surface area contributed by atoms with Gasteiger partial charge in [0, 0.05) is 6.54 Å². The molecule has 2 aromatic rings. The molecule has 2 rings (SSSR count). The van der Waals surface area contributed by atoms with E-state index in [-0.39, 0.29) is 0 Å². The Hall–Kier alpha value is -2.06. The van der Waals surface area contributed by atoms with Crippen LogP contribution >= 0.6 is 0 Å². The highest BCUT2D eigenvalue weighted by atomic mass is 16.5. The van der Waals surface area contributed by atoms with E-state index in [0.717, 1.165) is 25.3 Å². The molecule has 1 unspecified atom stereocenters. The fourth-order valence-corrected chi connectivity index (χ4v) is 2.37. The van der Waals surface area contributed by atoms with Crippen LogP contribution < -0.4 is 4.74 Å². The maximum absolute atomic E-state index is 5.76. The van der Waals surface area contributed by atoms with E-state index in [2.05, 4.69) is 80.5 Å². The van der Waals surface area contributed by atoms with E-state index in [4.69, 9.17) is 4.74 Å². The van der Waals surface area contributed by atoms with E-state index in [0.29, 0.717) is 5.92 Å². The fourth-order valence-electron chi connectivity index (χ4n) is 2.37. The van der Waals surface area contributed by atoms with Gasteiger partial charge in [0.15, 0.2) is 0 Å². The molecular weight excluding hydrogens is 282 g/mol. The van der Waals surface area contributed by atoms with Crippen molar-refractivity contribution in [3.8, 4) is 5.75 Å². The molecule has 1 atom stereocenters. The van der Waals surface area contributed by atoms with Crippen LogP contribution in [0, 0.1) is 0 Å². The van der Waals surface area contributed by atoms with Crippen LogP contribution in [0.15, 0.2) is 60.7 Å². The molecule has 0 amide bonds. The topological polar surface area (TPSA) is 12.5 Å². The van der Waals surface area contributed by atoms with Crippen LogP contribution in [-0.4, -0.2) is 32.1 Å². The monoisotopic (exact) mass is 309 g/mol. The molecule has 23 heavy (non-hydrogen) atoms. The lowest BCUT2D eigenvalue weighted by atomic mass is 10.00. The zero-order valence-corrected chi connectivity index (χ0v) is 14.4. The largest absolute Gasteiger partial charge is 0.494 e. The molecule has 0 spiro atoms. The Labute approximate surface area is 140 Å². The predicted octanol–water partition coefficient (Wildman–Crippen LogP) is 4.83. The molecule has 2 heteroatoms. The Morgan fingerprint density at radius 3 is 2.35 bits per heavy atom. The molecule has 0 aliphatic carbocycles. The van der Waals surface area contributed by atoms with E-state index in [1.165, 1.54) is 11.1 Å². The average Bonchev–Trinajstić information content (AvgIpc) is 2.58. The third-order valence-electron chi connectivity index (χ3n) is 3.80. The molecule has 0 aromatic heterocycles. The first-order chi connectivity index (χ1) is 11.1.